The summed E-state index contributed by atoms with van der Waals surface area (Å²) < 4.78 is 62.7. The van der Waals surface area contributed by atoms with Crippen LogP contribution in [0.15, 0.2) is 47.6 Å². The summed E-state index contributed by atoms with van der Waals surface area (Å²) in [6, 6.07) is 5.15. The van der Waals surface area contributed by atoms with Gasteiger partial charge in [0.2, 0.25) is 0 Å². The highest BCUT2D eigenvalue weighted by molar-refractivity contribution is 7.92. The monoisotopic (exact) mass is 400 g/mol. The smallest absolute Gasteiger partial charge is 0.350 e. The summed E-state index contributed by atoms with van der Waals surface area (Å²) in [4.78, 5) is 15.6. The van der Waals surface area contributed by atoms with E-state index in [0.29, 0.717) is 6.07 Å². The molecule has 0 aliphatic rings. The predicted molar refractivity (Wildman–Crippen MR) is 94.0 cm³/mol. The van der Waals surface area contributed by atoms with E-state index >= 15 is 0 Å². The number of aryl methyl sites for hydroxylation is 1. The number of nitrogens with zero attached hydrogens (tertiary/aromatic N) is 1. The van der Waals surface area contributed by atoms with Crippen molar-refractivity contribution in [3.63, 3.8) is 0 Å². The molecule has 0 aliphatic carbocycles. The Balaban J connectivity index is 2.23. The molecule has 0 unspecified atom stereocenters. The quantitative estimate of drug-likeness (QED) is 0.835. The topological polar surface area (TPSA) is 76.1 Å². The second kappa shape index (κ2) is 7.30. The number of aromatic nitrogens is 1. The summed E-state index contributed by atoms with van der Waals surface area (Å²) in [5, 5.41) is 2.51. The van der Waals surface area contributed by atoms with Crippen molar-refractivity contribution in [2.24, 2.45) is 0 Å². The van der Waals surface area contributed by atoms with Crippen LogP contribution in [0.25, 0.3) is 0 Å². The van der Waals surface area contributed by atoms with Gasteiger partial charge in [-0.1, -0.05) is 6.07 Å². The fraction of sp³-hybridized carbons (Fsp3) is 0.333. The molecule has 1 aromatic heterocycles. The molecular formula is C18H19F3N2O3S. The number of rotatable bonds is 5. The molecule has 0 atom stereocenters. The van der Waals surface area contributed by atoms with Gasteiger partial charge < -0.3 is 5.32 Å². The van der Waals surface area contributed by atoms with Gasteiger partial charge in [-0.15, -0.1) is 0 Å². The average molecular weight is 400 g/mol. The maximum absolute atomic E-state index is 12.9. The maximum Gasteiger partial charge on any atom is 0.416 e. The molecule has 9 heteroatoms. The van der Waals surface area contributed by atoms with Crippen LogP contribution in [-0.2, 0) is 16.0 Å². The molecule has 2 aromatic rings. The lowest BCUT2D eigenvalue weighted by molar-refractivity contribution is -0.137. The van der Waals surface area contributed by atoms with Crippen molar-refractivity contribution in [1.82, 2.24) is 10.3 Å². The minimum atomic E-state index is -4.65. The highest BCUT2D eigenvalue weighted by atomic mass is 32.2. The van der Waals surface area contributed by atoms with Crippen LogP contribution in [0.1, 0.15) is 35.3 Å². The molecule has 0 fully saturated rings. The zero-order valence-electron chi connectivity index (χ0n) is 15.0. The number of sulfone groups is 1. The number of amides is 1. The Hall–Kier alpha value is -2.42. The first-order chi connectivity index (χ1) is 12.3. The Morgan fingerprint density at radius 2 is 1.81 bits per heavy atom. The van der Waals surface area contributed by atoms with Gasteiger partial charge in [0.15, 0.2) is 9.84 Å². The van der Waals surface area contributed by atoms with Crippen LogP contribution in [-0.4, -0.2) is 30.6 Å². The van der Waals surface area contributed by atoms with Crippen molar-refractivity contribution in [3.8, 4) is 0 Å². The van der Waals surface area contributed by atoms with E-state index in [9.17, 15) is 26.4 Å². The van der Waals surface area contributed by atoms with Gasteiger partial charge in [-0.05, 0) is 50.6 Å². The fourth-order valence-electron chi connectivity index (χ4n) is 2.33. The minimum absolute atomic E-state index is 0.266. The Bertz CT molecular complexity index is 954. The first kappa shape index (κ1) is 20.9. The third-order valence-electron chi connectivity index (χ3n) is 4.01. The summed E-state index contributed by atoms with van der Waals surface area (Å²) in [6.07, 6.45) is -1.74. The summed E-state index contributed by atoms with van der Waals surface area (Å²) in [6.45, 7) is 4.17. The van der Waals surface area contributed by atoms with E-state index in [2.05, 4.69) is 10.3 Å². The molecule has 0 radical (unpaired) electrons. The molecule has 146 valence electrons. The van der Waals surface area contributed by atoms with Crippen molar-refractivity contribution in [1.29, 1.82) is 0 Å². The lowest BCUT2D eigenvalue weighted by atomic mass is 10.2. The number of benzene rings is 1. The van der Waals surface area contributed by atoms with Crippen molar-refractivity contribution < 1.29 is 26.4 Å². The van der Waals surface area contributed by atoms with Gasteiger partial charge in [-0.25, -0.2) is 8.42 Å². The maximum atomic E-state index is 12.9. The standard InChI is InChI=1S/C18H19F3N2O3S/c1-12-7-13(10-22-9-12)16(24)23-11-17(2,3)27(25,26)15-6-4-5-14(8-15)18(19,20)21/h4-10H,11H2,1-3H3,(H,23,24). The number of hydrogen-bond donors (Lipinski definition) is 1. The number of hydrogen-bond acceptors (Lipinski definition) is 4. The van der Waals surface area contributed by atoms with Gasteiger partial charge in [-0.2, -0.15) is 13.2 Å². The average Bonchev–Trinajstić information content (AvgIpc) is 2.59. The highest BCUT2D eigenvalue weighted by Crippen LogP contribution is 2.33. The molecule has 0 saturated carbocycles. The molecule has 1 N–H and O–H groups in total. The zero-order valence-corrected chi connectivity index (χ0v) is 15.8. The van der Waals surface area contributed by atoms with Crippen molar-refractivity contribution in [3.05, 3.63) is 59.4 Å². The lowest BCUT2D eigenvalue weighted by Gasteiger charge is -2.25. The van der Waals surface area contributed by atoms with Gasteiger partial charge in [0.05, 0.1) is 20.8 Å². The normalized spacial score (nSPS) is 12.7. The third-order valence-corrected chi connectivity index (χ3v) is 6.48. The Morgan fingerprint density at radius 1 is 1.15 bits per heavy atom. The van der Waals surface area contributed by atoms with Crippen LogP contribution in [0, 0.1) is 6.92 Å². The second-order valence-electron chi connectivity index (χ2n) is 6.72. The number of alkyl halides is 3. The number of carbonyl (C=O) groups excluding carboxylic acids is 1. The summed E-state index contributed by atoms with van der Waals surface area (Å²) >= 11 is 0. The Kier molecular flexibility index (Phi) is 5.65. The van der Waals surface area contributed by atoms with Gasteiger partial charge in [-0.3, -0.25) is 9.78 Å². The van der Waals surface area contributed by atoms with Gasteiger partial charge in [0.25, 0.3) is 5.91 Å². The second-order valence-corrected chi connectivity index (χ2v) is 9.31. The Labute approximate surface area is 155 Å². The number of pyridine rings is 1. The lowest BCUT2D eigenvalue weighted by Crippen LogP contribution is -2.44. The van der Waals surface area contributed by atoms with Crippen LogP contribution in [0.4, 0.5) is 13.2 Å². The largest absolute Gasteiger partial charge is 0.416 e. The molecule has 5 nitrogen and oxygen atoms in total. The van der Waals surface area contributed by atoms with Crippen molar-refractivity contribution in [2.45, 2.75) is 36.6 Å². The Morgan fingerprint density at radius 3 is 2.41 bits per heavy atom. The fourth-order valence-corrected chi connectivity index (χ4v) is 3.77. The summed E-state index contributed by atoms with van der Waals surface area (Å²) in [7, 11) is -4.14. The van der Waals surface area contributed by atoms with Gasteiger partial charge in [0, 0.05) is 18.9 Å². The third kappa shape index (κ3) is 4.65. The van der Waals surface area contributed by atoms with E-state index in [4.69, 9.17) is 0 Å². The minimum Gasteiger partial charge on any atom is -0.350 e. The molecule has 0 spiro atoms. The SMILES string of the molecule is Cc1cncc(C(=O)NCC(C)(C)S(=O)(=O)c2cccc(C(F)(F)F)c2)c1. The van der Waals surface area contributed by atoms with Crippen LogP contribution in [0.5, 0.6) is 0 Å². The van der Waals surface area contributed by atoms with Crippen LogP contribution < -0.4 is 5.32 Å². The predicted octanol–water partition coefficient (Wildman–Crippen LogP) is 3.39. The van der Waals surface area contributed by atoms with Crippen molar-refractivity contribution in [2.75, 3.05) is 6.54 Å². The first-order valence-corrected chi connectivity index (χ1v) is 9.45. The molecule has 0 saturated heterocycles. The van der Waals surface area contributed by atoms with E-state index in [1.54, 1.807) is 19.2 Å². The number of nitrogens with one attached hydrogen (secondary N) is 1. The molecule has 1 amide bonds. The highest BCUT2D eigenvalue weighted by Gasteiger charge is 2.38. The number of halogens is 3. The zero-order chi connectivity index (χ0) is 20.5. The van der Waals surface area contributed by atoms with Crippen LogP contribution in [0.2, 0.25) is 0 Å². The summed E-state index contributed by atoms with van der Waals surface area (Å²) in [5.74, 6) is -0.515. The molecule has 1 aromatic carbocycles. The summed E-state index contributed by atoms with van der Waals surface area (Å²) in [5.41, 5.74) is -0.0185. The van der Waals surface area contributed by atoms with E-state index in [1.165, 1.54) is 20.0 Å². The molecular weight excluding hydrogens is 381 g/mol. The van der Waals surface area contributed by atoms with E-state index in [1.807, 2.05) is 0 Å². The van der Waals surface area contributed by atoms with Crippen LogP contribution in [0.3, 0.4) is 0 Å². The first-order valence-electron chi connectivity index (χ1n) is 7.96. The van der Waals surface area contributed by atoms with Gasteiger partial charge >= 0.3 is 6.18 Å². The number of carbonyl (C=O) groups is 1. The molecule has 27 heavy (non-hydrogen) atoms. The molecule has 2 rings (SSSR count). The molecule has 1 heterocycles. The van der Waals surface area contributed by atoms with E-state index in [-0.39, 0.29) is 12.1 Å². The van der Waals surface area contributed by atoms with E-state index < -0.39 is 37.1 Å². The van der Waals surface area contributed by atoms with Crippen LogP contribution >= 0.6 is 0 Å². The molecule has 0 bridgehead atoms. The van der Waals surface area contributed by atoms with Gasteiger partial charge in [0.1, 0.15) is 0 Å². The van der Waals surface area contributed by atoms with E-state index in [0.717, 1.165) is 23.8 Å². The molecule has 0 aliphatic heterocycles. The van der Waals surface area contributed by atoms with Crippen molar-refractivity contribution >= 4 is 15.7 Å².